The number of non-ortho nitro benzene ring substituents is 1. The largest absolute Gasteiger partial charge is 0.280 e. The topological polar surface area (TPSA) is 89.2 Å². The summed E-state index contributed by atoms with van der Waals surface area (Å²) in [6, 6.07) is 15.2. The summed E-state index contributed by atoms with van der Waals surface area (Å²) in [4.78, 5) is 33.8. The highest BCUT2D eigenvalue weighted by atomic mass is 35.5. The van der Waals surface area contributed by atoms with Gasteiger partial charge in [0.05, 0.1) is 21.2 Å². The van der Waals surface area contributed by atoms with Crippen molar-refractivity contribution < 1.29 is 9.72 Å². The lowest BCUT2D eigenvalue weighted by molar-refractivity contribution is -0.384. The first-order valence-corrected chi connectivity index (χ1v) is 10.4. The van der Waals surface area contributed by atoms with E-state index in [1.807, 2.05) is 18.2 Å². The molecule has 0 unspecified atom stereocenters. The van der Waals surface area contributed by atoms with E-state index in [9.17, 15) is 14.9 Å². The Kier molecular flexibility index (Phi) is 6.01. The SMILES string of the molecule is O=C(/C=C/c1cccc([N+](=O)[O-])c1)N(Cc1cccnc1)c1nc2c(Cl)cccc2s1. The van der Waals surface area contributed by atoms with E-state index in [1.165, 1.54) is 34.4 Å². The van der Waals surface area contributed by atoms with Gasteiger partial charge in [0.1, 0.15) is 5.52 Å². The lowest BCUT2D eigenvalue weighted by Crippen LogP contribution is -2.28. The zero-order chi connectivity index (χ0) is 21.8. The van der Waals surface area contributed by atoms with Crippen molar-refractivity contribution in [3.63, 3.8) is 0 Å². The van der Waals surface area contributed by atoms with Crippen LogP contribution in [0.15, 0.2) is 73.1 Å². The van der Waals surface area contributed by atoms with Crippen LogP contribution in [0.5, 0.6) is 0 Å². The highest BCUT2D eigenvalue weighted by molar-refractivity contribution is 7.22. The van der Waals surface area contributed by atoms with Gasteiger partial charge in [-0.1, -0.05) is 47.2 Å². The monoisotopic (exact) mass is 450 g/mol. The van der Waals surface area contributed by atoms with Crippen molar-refractivity contribution in [2.75, 3.05) is 4.90 Å². The molecule has 0 spiro atoms. The van der Waals surface area contributed by atoms with Crippen LogP contribution in [0, 0.1) is 10.1 Å². The maximum atomic E-state index is 13.1. The van der Waals surface area contributed by atoms with Crippen LogP contribution < -0.4 is 4.90 Å². The average Bonchev–Trinajstić information content (AvgIpc) is 3.22. The van der Waals surface area contributed by atoms with E-state index in [2.05, 4.69) is 9.97 Å². The number of nitrogens with zero attached hydrogens (tertiary/aromatic N) is 4. The molecule has 4 rings (SSSR count). The molecular formula is C22H15ClN4O3S. The third-order valence-corrected chi connectivity index (χ3v) is 5.77. The fraction of sp³-hybridized carbons (Fsp3) is 0.0455. The second-order valence-corrected chi connectivity index (χ2v) is 7.97. The van der Waals surface area contributed by atoms with Crippen LogP contribution in [0.1, 0.15) is 11.1 Å². The quantitative estimate of drug-likeness (QED) is 0.220. The van der Waals surface area contributed by atoms with Crippen molar-refractivity contribution >= 4 is 56.0 Å². The zero-order valence-electron chi connectivity index (χ0n) is 16.0. The van der Waals surface area contributed by atoms with E-state index in [0.717, 1.165) is 10.3 Å². The minimum atomic E-state index is -0.473. The number of benzene rings is 2. The molecule has 2 heterocycles. The molecule has 0 radical (unpaired) electrons. The Bertz CT molecular complexity index is 1290. The number of carbonyl (C=O) groups excluding carboxylic acids is 1. The molecule has 2 aromatic heterocycles. The molecular weight excluding hydrogens is 436 g/mol. The van der Waals surface area contributed by atoms with Crippen LogP contribution in [0.4, 0.5) is 10.8 Å². The van der Waals surface area contributed by atoms with E-state index < -0.39 is 4.92 Å². The Morgan fingerprint density at radius 1 is 1.19 bits per heavy atom. The van der Waals surface area contributed by atoms with Crippen molar-refractivity contribution in [1.82, 2.24) is 9.97 Å². The van der Waals surface area contributed by atoms with Crippen molar-refractivity contribution in [1.29, 1.82) is 0 Å². The second-order valence-electron chi connectivity index (χ2n) is 6.55. The van der Waals surface area contributed by atoms with Gasteiger partial charge in [0.15, 0.2) is 5.13 Å². The molecule has 31 heavy (non-hydrogen) atoms. The van der Waals surface area contributed by atoms with E-state index in [1.54, 1.807) is 42.7 Å². The van der Waals surface area contributed by atoms with E-state index in [4.69, 9.17) is 11.6 Å². The predicted octanol–water partition coefficient (Wildman–Crippen LogP) is 5.50. The number of para-hydroxylation sites is 1. The summed E-state index contributed by atoms with van der Waals surface area (Å²) in [7, 11) is 0. The molecule has 0 saturated heterocycles. The highest BCUT2D eigenvalue weighted by Gasteiger charge is 2.19. The normalized spacial score (nSPS) is 11.1. The zero-order valence-corrected chi connectivity index (χ0v) is 17.6. The second kappa shape index (κ2) is 9.03. The molecule has 0 aliphatic carbocycles. The Morgan fingerprint density at radius 2 is 2.03 bits per heavy atom. The van der Waals surface area contributed by atoms with Crippen molar-refractivity contribution in [3.8, 4) is 0 Å². The van der Waals surface area contributed by atoms with Gasteiger partial charge in [-0.05, 0) is 35.4 Å². The number of anilines is 1. The summed E-state index contributed by atoms with van der Waals surface area (Å²) < 4.78 is 0.870. The average molecular weight is 451 g/mol. The number of carbonyl (C=O) groups is 1. The predicted molar refractivity (Wildman–Crippen MR) is 122 cm³/mol. The maximum absolute atomic E-state index is 13.1. The van der Waals surface area contributed by atoms with Crippen LogP contribution in [-0.2, 0) is 11.3 Å². The van der Waals surface area contributed by atoms with Crippen molar-refractivity contribution in [3.05, 3.63) is 99.3 Å². The van der Waals surface area contributed by atoms with Gasteiger partial charge in [-0.15, -0.1) is 0 Å². The van der Waals surface area contributed by atoms with Gasteiger partial charge in [0, 0.05) is 30.6 Å². The number of rotatable bonds is 6. The number of hydrogen-bond donors (Lipinski definition) is 0. The number of halogens is 1. The number of nitro groups is 1. The van der Waals surface area contributed by atoms with Gasteiger partial charge in [-0.3, -0.25) is 24.8 Å². The third kappa shape index (κ3) is 4.76. The van der Waals surface area contributed by atoms with Crippen LogP contribution in [0.3, 0.4) is 0 Å². The first kappa shape index (κ1) is 20.6. The minimum Gasteiger partial charge on any atom is -0.280 e. The number of hydrogen-bond acceptors (Lipinski definition) is 6. The van der Waals surface area contributed by atoms with Crippen LogP contribution in [0.25, 0.3) is 16.3 Å². The van der Waals surface area contributed by atoms with Crippen LogP contribution in [-0.4, -0.2) is 20.8 Å². The number of aromatic nitrogens is 2. The first-order chi connectivity index (χ1) is 15.0. The maximum Gasteiger partial charge on any atom is 0.270 e. The molecule has 0 atom stereocenters. The van der Waals surface area contributed by atoms with Crippen LogP contribution >= 0.6 is 22.9 Å². The minimum absolute atomic E-state index is 0.0392. The molecule has 2 aromatic carbocycles. The van der Waals surface area contributed by atoms with E-state index in [-0.39, 0.29) is 18.1 Å². The Morgan fingerprint density at radius 3 is 2.77 bits per heavy atom. The molecule has 1 amide bonds. The number of fused-ring (bicyclic) bond motifs is 1. The molecule has 0 aliphatic rings. The first-order valence-electron chi connectivity index (χ1n) is 9.19. The fourth-order valence-corrected chi connectivity index (χ4v) is 4.20. The van der Waals surface area contributed by atoms with Crippen LogP contribution in [0.2, 0.25) is 5.02 Å². The standard InChI is InChI=1S/C22H15ClN4O3S/c23-18-7-2-8-19-21(18)25-22(31-19)26(14-16-5-3-11-24-13-16)20(28)10-9-15-4-1-6-17(12-15)27(29)30/h1-13H,14H2/b10-9+. The van der Waals surface area contributed by atoms with Gasteiger partial charge < -0.3 is 0 Å². The summed E-state index contributed by atoms with van der Waals surface area (Å²) >= 11 is 7.62. The molecule has 7 nitrogen and oxygen atoms in total. The molecule has 0 N–H and O–H groups in total. The molecule has 9 heteroatoms. The summed E-state index contributed by atoms with van der Waals surface area (Å²) in [5, 5.41) is 12.0. The van der Waals surface area contributed by atoms with Gasteiger partial charge >= 0.3 is 0 Å². The summed E-state index contributed by atoms with van der Waals surface area (Å²) in [5.74, 6) is -0.314. The van der Waals surface area contributed by atoms with Gasteiger partial charge in [-0.25, -0.2) is 4.98 Å². The van der Waals surface area contributed by atoms with Gasteiger partial charge in [-0.2, -0.15) is 0 Å². The summed E-state index contributed by atoms with van der Waals surface area (Å²) in [6.45, 7) is 0.267. The molecule has 0 saturated carbocycles. The number of thiazole rings is 1. The lowest BCUT2D eigenvalue weighted by Gasteiger charge is -2.18. The Hall–Kier alpha value is -3.62. The van der Waals surface area contributed by atoms with Crippen molar-refractivity contribution in [2.45, 2.75) is 6.54 Å². The molecule has 4 aromatic rings. The van der Waals surface area contributed by atoms with E-state index >= 15 is 0 Å². The number of nitro benzene ring substituents is 1. The van der Waals surface area contributed by atoms with Gasteiger partial charge in [0.2, 0.25) is 0 Å². The third-order valence-electron chi connectivity index (χ3n) is 4.42. The molecule has 0 aliphatic heterocycles. The highest BCUT2D eigenvalue weighted by Crippen LogP contribution is 2.33. The molecule has 0 bridgehead atoms. The summed E-state index contributed by atoms with van der Waals surface area (Å²) in [5.41, 5.74) is 1.99. The number of amides is 1. The van der Waals surface area contributed by atoms with Crippen molar-refractivity contribution in [2.24, 2.45) is 0 Å². The smallest absolute Gasteiger partial charge is 0.270 e. The van der Waals surface area contributed by atoms with E-state index in [0.29, 0.717) is 21.2 Å². The lowest BCUT2D eigenvalue weighted by atomic mass is 10.2. The summed E-state index contributed by atoms with van der Waals surface area (Å²) in [6.07, 6.45) is 6.27. The van der Waals surface area contributed by atoms with Gasteiger partial charge in [0.25, 0.3) is 11.6 Å². The molecule has 0 fully saturated rings. The number of pyridine rings is 1. The Balaban J connectivity index is 1.67. The Labute approximate surface area is 186 Å². The fourth-order valence-electron chi connectivity index (χ4n) is 2.93. The molecule has 154 valence electrons.